The van der Waals surface area contributed by atoms with Crippen molar-refractivity contribution in [2.75, 3.05) is 0 Å². The summed E-state index contributed by atoms with van der Waals surface area (Å²) in [5.74, 6) is -0.221. The first-order valence-corrected chi connectivity index (χ1v) is 6.24. The van der Waals surface area contributed by atoms with E-state index in [0.29, 0.717) is 12.0 Å². The molecule has 0 bridgehead atoms. The van der Waals surface area contributed by atoms with Gasteiger partial charge in [0.25, 0.3) is 0 Å². The second kappa shape index (κ2) is 4.86. The minimum atomic E-state index is -0.474. The number of benzene rings is 1. The Morgan fingerprint density at radius 3 is 2.59 bits per heavy atom. The van der Waals surface area contributed by atoms with Crippen LogP contribution >= 0.6 is 0 Å². The minimum absolute atomic E-state index is 0.00449. The lowest BCUT2D eigenvalue weighted by Crippen LogP contribution is -2.44. The fraction of sp³-hybridized carbons (Fsp3) is 0.500. The van der Waals surface area contributed by atoms with Crippen LogP contribution in [0.2, 0.25) is 0 Å². The average molecular weight is 235 g/mol. The molecule has 0 saturated heterocycles. The van der Waals surface area contributed by atoms with Crippen LogP contribution in [-0.4, -0.2) is 5.91 Å². The van der Waals surface area contributed by atoms with Crippen LogP contribution in [0.1, 0.15) is 44.6 Å². The summed E-state index contributed by atoms with van der Waals surface area (Å²) < 4.78 is 13.9. The molecule has 1 fully saturated rings. The lowest BCUT2D eigenvalue weighted by molar-refractivity contribution is -0.122. The number of halogens is 1. The van der Waals surface area contributed by atoms with Crippen molar-refractivity contribution in [3.63, 3.8) is 0 Å². The van der Waals surface area contributed by atoms with E-state index in [0.717, 1.165) is 25.7 Å². The molecule has 2 nitrogen and oxygen atoms in total. The van der Waals surface area contributed by atoms with Crippen LogP contribution in [0.25, 0.3) is 0 Å². The monoisotopic (exact) mass is 235 g/mol. The SMILES string of the molecule is CCC(=O)NC1(c2ccccc2F)CCCC1. The summed E-state index contributed by atoms with van der Waals surface area (Å²) in [6, 6.07) is 6.77. The van der Waals surface area contributed by atoms with E-state index in [9.17, 15) is 9.18 Å². The highest BCUT2D eigenvalue weighted by atomic mass is 19.1. The molecular weight excluding hydrogens is 217 g/mol. The van der Waals surface area contributed by atoms with E-state index in [-0.39, 0.29) is 11.7 Å². The lowest BCUT2D eigenvalue weighted by atomic mass is 9.87. The zero-order chi connectivity index (χ0) is 12.3. The Bertz CT molecular complexity index is 410. The van der Waals surface area contributed by atoms with Crippen molar-refractivity contribution in [3.05, 3.63) is 35.6 Å². The maximum Gasteiger partial charge on any atom is 0.220 e. The maximum atomic E-state index is 13.9. The van der Waals surface area contributed by atoms with Gasteiger partial charge in [-0.25, -0.2) is 4.39 Å². The van der Waals surface area contributed by atoms with Crippen LogP contribution in [0.4, 0.5) is 4.39 Å². The van der Waals surface area contributed by atoms with Crippen LogP contribution in [0, 0.1) is 5.82 Å². The fourth-order valence-corrected chi connectivity index (χ4v) is 2.64. The lowest BCUT2D eigenvalue weighted by Gasteiger charge is -2.31. The second-order valence-corrected chi connectivity index (χ2v) is 4.67. The van der Waals surface area contributed by atoms with Gasteiger partial charge < -0.3 is 5.32 Å². The molecule has 1 amide bonds. The molecule has 0 spiro atoms. The molecule has 0 aromatic heterocycles. The van der Waals surface area contributed by atoms with E-state index >= 15 is 0 Å². The second-order valence-electron chi connectivity index (χ2n) is 4.67. The zero-order valence-corrected chi connectivity index (χ0v) is 10.1. The third-order valence-corrected chi connectivity index (χ3v) is 3.55. The molecule has 1 aromatic carbocycles. The van der Waals surface area contributed by atoms with Crippen molar-refractivity contribution >= 4 is 5.91 Å². The number of hydrogen-bond acceptors (Lipinski definition) is 1. The molecule has 0 unspecified atom stereocenters. The van der Waals surface area contributed by atoms with Gasteiger partial charge in [-0.05, 0) is 18.9 Å². The highest BCUT2D eigenvalue weighted by Gasteiger charge is 2.38. The minimum Gasteiger partial charge on any atom is -0.346 e. The molecule has 92 valence electrons. The van der Waals surface area contributed by atoms with Crippen molar-refractivity contribution < 1.29 is 9.18 Å². The van der Waals surface area contributed by atoms with Gasteiger partial charge in [0, 0.05) is 12.0 Å². The van der Waals surface area contributed by atoms with Crippen molar-refractivity contribution in [3.8, 4) is 0 Å². The molecule has 1 aliphatic rings. The van der Waals surface area contributed by atoms with E-state index < -0.39 is 5.54 Å². The van der Waals surface area contributed by atoms with Gasteiger partial charge in [0.2, 0.25) is 5.91 Å². The van der Waals surface area contributed by atoms with E-state index in [2.05, 4.69) is 5.32 Å². The van der Waals surface area contributed by atoms with E-state index in [1.807, 2.05) is 13.0 Å². The molecule has 0 aliphatic heterocycles. The summed E-state index contributed by atoms with van der Waals surface area (Å²) in [5.41, 5.74) is 0.164. The number of amides is 1. The molecule has 3 heteroatoms. The third kappa shape index (κ3) is 2.33. The van der Waals surface area contributed by atoms with Crippen LogP contribution in [-0.2, 0) is 10.3 Å². The van der Waals surface area contributed by atoms with E-state index in [1.54, 1.807) is 12.1 Å². The molecule has 1 aliphatic carbocycles. The molecule has 17 heavy (non-hydrogen) atoms. The summed E-state index contributed by atoms with van der Waals surface area (Å²) >= 11 is 0. The smallest absolute Gasteiger partial charge is 0.220 e. The van der Waals surface area contributed by atoms with Crippen molar-refractivity contribution in [1.29, 1.82) is 0 Å². The Labute approximate surface area is 101 Å². The number of carbonyl (C=O) groups is 1. The topological polar surface area (TPSA) is 29.1 Å². The van der Waals surface area contributed by atoms with Crippen molar-refractivity contribution in [2.45, 2.75) is 44.6 Å². The number of carbonyl (C=O) groups excluding carboxylic acids is 1. The van der Waals surface area contributed by atoms with Gasteiger partial charge in [-0.3, -0.25) is 4.79 Å². The predicted molar refractivity (Wildman–Crippen MR) is 65.0 cm³/mol. The molecule has 1 saturated carbocycles. The van der Waals surface area contributed by atoms with Gasteiger partial charge in [0.15, 0.2) is 0 Å². The van der Waals surface area contributed by atoms with Gasteiger partial charge in [-0.1, -0.05) is 38.0 Å². The average Bonchev–Trinajstić information content (AvgIpc) is 2.79. The Morgan fingerprint density at radius 2 is 2.00 bits per heavy atom. The van der Waals surface area contributed by atoms with Crippen LogP contribution in [0.3, 0.4) is 0 Å². The third-order valence-electron chi connectivity index (χ3n) is 3.55. The summed E-state index contributed by atoms with van der Waals surface area (Å²) in [5, 5.41) is 3.02. The van der Waals surface area contributed by atoms with Crippen LogP contribution < -0.4 is 5.32 Å². The van der Waals surface area contributed by atoms with Gasteiger partial charge in [-0.15, -0.1) is 0 Å². The van der Waals surface area contributed by atoms with Crippen LogP contribution in [0.5, 0.6) is 0 Å². The predicted octanol–water partition coefficient (Wildman–Crippen LogP) is 3.12. The van der Waals surface area contributed by atoms with Gasteiger partial charge >= 0.3 is 0 Å². The van der Waals surface area contributed by atoms with E-state index in [4.69, 9.17) is 0 Å². The molecule has 1 aromatic rings. The summed E-state index contributed by atoms with van der Waals surface area (Å²) in [4.78, 5) is 11.6. The fourth-order valence-electron chi connectivity index (χ4n) is 2.64. The molecule has 1 N–H and O–H groups in total. The van der Waals surface area contributed by atoms with Crippen molar-refractivity contribution in [1.82, 2.24) is 5.32 Å². The standard InChI is InChI=1S/C14H18FNO/c1-2-13(17)16-14(9-5-6-10-14)11-7-3-4-8-12(11)15/h3-4,7-8H,2,5-6,9-10H2,1H3,(H,16,17). The number of hydrogen-bond donors (Lipinski definition) is 1. The maximum absolute atomic E-state index is 13.9. The first kappa shape index (κ1) is 12.1. The van der Waals surface area contributed by atoms with Crippen LogP contribution in [0.15, 0.2) is 24.3 Å². The van der Waals surface area contributed by atoms with Crippen molar-refractivity contribution in [2.24, 2.45) is 0 Å². The first-order valence-electron chi connectivity index (χ1n) is 6.24. The largest absolute Gasteiger partial charge is 0.346 e. The van der Waals surface area contributed by atoms with E-state index in [1.165, 1.54) is 6.07 Å². The Balaban J connectivity index is 2.34. The molecule has 0 heterocycles. The van der Waals surface area contributed by atoms with Gasteiger partial charge in [-0.2, -0.15) is 0 Å². The normalized spacial score (nSPS) is 18.0. The Hall–Kier alpha value is -1.38. The quantitative estimate of drug-likeness (QED) is 0.856. The van der Waals surface area contributed by atoms with Gasteiger partial charge in [0.1, 0.15) is 5.82 Å². The molecule has 0 radical (unpaired) electrons. The highest BCUT2D eigenvalue weighted by molar-refractivity contribution is 5.76. The summed E-state index contributed by atoms with van der Waals surface area (Å²) in [7, 11) is 0. The number of nitrogens with one attached hydrogen (secondary N) is 1. The summed E-state index contributed by atoms with van der Waals surface area (Å²) in [6.45, 7) is 1.82. The molecular formula is C14H18FNO. The number of rotatable bonds is 3. The van der Waals surface area contributed by atoms with Gasteiger partial charge in [0.05, 0.1) is 5.54 Å². The highest BCUT2D eigenvalue weighted by Crippen LogP contribution is 2.39. The summed E-state index contributed by atoms with van der Waals surface area (Å²) in [6.07, 6.45) is 4.19. The molecule has 2 rings (SSSR count). The zero-order valence-electron chi connectivity index (χ0n) is 10.1. The first-order chi connectivity index (χ1) is 8.18. The molecule has 0 atom stereocenters. The Morgan fingerprint density at radius 1 is 1.35 bits per heavy atom. The Kier molecular flexibility index (Phi) is 3.46.